The number of rotatable bonds is 3. The van der Waals surface area contributed by atoms with E-state index in [0.29, 0.717) is 17.9 Å². The molecule has 1 aromatic carbocycles. The van der Waals surface area contributed by atoms with E-state index in [2.05, 4.69) is 11.1 Å². The van der Waals surface area contributed by atoms with Gasteiger partial charge in [-0.05, 0) is 31.0 Å². The van der Waals surface area contributed by atoms with Gasteiger partial charge in [-0.2, -0.15) is 5.26 Å². The van der Waals surface area contributed by atoms with E-state index in [1.165, 1.54) is 0 Å². The van der Waals surface area contributed by atoms with E-state index in [0.717, 1.165) is 22.4 Å². The summed E-state index contributed by atoms with van der Waals surface area (Å²) in [5.74, 6) is -0.135. The zero-order valence-corrected chi connectivity index (χ0v) is 16.2. The Hall–Kier alpha value is -3.85. The maximum Gasteiger partial charge on any atom is 0.259 e. The van der Waals surface area contributed by atoms with E-state index in [-0.39, 0.29) is 17.0 Å². The van der Waals surface area contributed by atoms with E-state index in [1.807, 2.05) is 50.2 Å². The number of nitrogens with two attached hydrogens (primary N) is 1. The molecule has 0 aliphatic carbocycles. The van der Waals surface area contributed by atoms with Crippen LogP contribution in [0.5, 0.6) is 5.75 Å². The minimum atomic E-state index is -0.572. The molecule has 0 amide bonds. The minimum absolute atomic E-state index is 0.0365. The number of aryl methyl sites for hydroxylation is 2. The van der Waals surface area contributed by atoms with Gasteiger partial charge in [0, 0.05) is 24.2 Å². The third-order valence-corrected chi connectivity index (χ3v) is 5.16. The molecule has 0 spiro atoms. The smallest absolute Gasteiger partial charge is 0.259 e. The standard InChI is InChI=1S/C23H20N4O2/c1-14-5-7-17(8-6-14)20-18(11-24)22(25)29-19-10-15(2)27(23(28)21(19)20)13-16-4-3-9-26-12-16/h3-10,12,20H,13,25H2,1-2H3/t20-/m0/s1. The molecule has 6 nitrogen and oxygen atoms in total. The number of pyridine rings is 2. The third-order valence-electron chi connectivity index (χ3n) is 5.16. The van der Waals surface area contributed by atoms with Crippen molar-refractivity contribution in [1.82, 2.24) is 9.55 Å². The van der Waals surface area contributed by atoms with Gasteiger partial charge < -0.3 is 15.0 Å². The number of allylic oxidation sites excluding steroid dienone is 1. The molecule has 3 heterocycles. The van der Waals surface area contributed by atoms with Crippen LogP contribution >= 0.6 is 0 Å². The lowest BCUT2D eigenvalue weighted by atomic mass is 9.83. The van der Waals surface area contributed by atoms with Gasteiger partial charge in [0.25, 0.3) is 5.56 Å². The summed E-state index contributed by atoms with van der Waals surface area (Å²) in [6, 6.07) is 15.5. The largest absolute Gasteiger partial charge is 0.440 e. The predicted octanol–water partition coefficient (Wildman–Crippen LogP) is 3.13. The molecule has 0 radical (unpaired) electrons. The predicted molar refractivity (Wildman–Crippen MR) is 109 cm³/mol. The van der Waals surface area contributed by atoms with E-state index < -0.39 is 5.92 Å². The number of fused-ring (bicyclic) bond motifs is 1. The van der Waals surface area contributed by atoms with E-state index >= 15 is 0 Å². The minimum Gasteiger partial charge on any atom is -0.440 e. The molecule has 0 unspecified atom stereocenters. The SMILES string of the molecule is Cc1ccc([C@H]2C(C#N)=C(N)Oc3cc(C)n(Cc4cccnc4)c(=O)c32)cc1. The molecule has 0 saturated heterocycles. The van der Waals surface area contributed by atoms with E-state index in [9.17, 15) is 10.1 Å². The number of aromatic nitrogens is 2. The van der Waals surface area contributed by atoms with Gasteiger partial charge in [0.15, 0.2) is 0 Å². The van der Waals surface area contributed by atoms with Crippen LogP contribution in [0, 0.1) is 25.2 Å². The van der Waals surface area contributed by atoms with Crippen molar-refractivity contribution in [3.63, 3.8) is 0 Å². The normalized spacial score (nSPS) is 15.4. The number of nitrogens with zero attached hydrogens (tertiary/aromatic N) is 3. The first-order valence-corrected chi connectivity index (χ1v) is 9.27. The summed E-state index contributed by atoms with van der Waals surface area (Å²) in [4.78, 5) is 17.7. The number of benzene rings is 1. The van der Waals surface area contributed by atoms with Gasteiger partial charge in [-0.3, -0.25) is 9.78 Å². The van der Waals surface area contributed by atoms with Crippen LogP contribution in [0.3, 0.4) is 0 Å². The first-order chi connectivity index (χ1) is 14.0. The zero-order chi connectivity index (χ0) is 20.5. The molecule has 0 fully saturated rings. The number of hydrogen-bond donors (Lipinski definition) is 1. The van der Waals surface area contributed by atoms with Gasteiger partial charge in [0.1, 0.15) is 17.4 Å². The van der Waals surface area contributed by atoms with Crippen LogP contribution in [0.1, 0.15) is 33.9 Å². The summed E-state index contributed by atoms with van der Waals surface area (Å²) in [5, 5.41) is 9.74. The fourth-order valence-corrected chi connectivity index (χ4v) is 3.65. The lowest BCUT2D eigenvalue weighted by Gasteiger charge is -2.27. The fourth-order valence-electron chi connectivity index (χ4n) is 3.65. The number of nitriles is 1. The summed E-state index contributed by atoms with van der Waals surface area (Å²) < 4.78 is 7.36. The Morgan fingerprint density at radius 3 is 2.66 bits per heavy atom. The van der Waals surface area contributed by atoms with Crippen LogP contribution < -0.4 is 16.0 Å². The van der Waals surface area contributed by atoms with Crippen molar-refractivity contribution in [2.45, 2.75) is 26.3 Å². The van der Waals surface area contributed by atoms with Crippen LogP contribution in [0.15, 0.2) is 71.1 Å². The molecular weight excluding hydrogens is 364 g/mol. The van der Waals surface area contributed by atoms with Crippen molar-refractivity contribution in [2.24, 2.45) is 5.73 Å². The van der Waals surface area contributed by atoms with Crippen LogP contribution in [-0.2, 0) is 6.54 Å². The lowest BCUT2D eigenvalue weighted by molar-refractivity contribution is 0.389. The molecule has 0 bridgehead atoms. The maximum atomic E-state index is 13.5. The molecule has 3 aromatic rings. The lowest BCUT2D eigenvalue weighted by Crippen LogP contribution is -2.33. The van der Waals surface area contributed by atoms with Crippen molar-refractivity contribution in [3.8, 4) is 11.8 Å². The van der Waals surface area contributed by atoms with Crippen LogP contribution in [0.4, 0.5) is 0 Å². The maximum absolute atomic E-state index is 13.5. The Morgan fingerprint density at radius 2 is 2.00 bits per heavy atom. The molecule has 4 rings (SSSR count). The highest BCUT2D eigenvalue weighted by Gasteiger charge is 2.34. The van der Waals surface area contributed by atoms with Gasteiger partial charge in [0.05, 0.1) is 18.0 Å². The van der Waals surface area contributed by atoms with Crippen molar-refractivity contribution < 1.29 is 4.74 Å². The van der Waals surface area contributed by atoms with Gasteiger partial charge in [-0.25, -0.2) is 0 Å². The first kappa shape index (κ1) is 18.5. The molecule has 1 aliphatic heterocycles. The highest BCUT2D eigenvalue weighted by molar-refractivity contribution is 5.55. The highest BCUT2D eigenvalue weighted by Crippen LogP contribution is 2.40. The summed E-state index contributed by atoms with van der Waals surface area (Å²) in [5.41, 5.74) is 10.1. The van der Waals surface area contributed by atoms with Gasteiger partial charge in [-0.15, -0.1) is 0 Å². The number of hydrogen-bond acceptors (Lipinski definition) is 5. The molecule has 2 N–H and O–H groups in total. The highest BCUT2D eigenvalue weighted by atomic mass is 16.5. The Balaban J connectivity index is 1.92. The summed E-state index contributed by atoms with van der Waals surface area (Å²) in [7, 11) is 0. The first-order valence-electron chi connectivity index (χ1n) is 9.27. The molecule has 1 atom stereocenters. The molecule has 6 heteroatoms. The Labute approximate surface area is 168 Å². The zero-order valence-electron chi connectivity index (χ0n) is 16.2. The molecule has 144 valence electrons. The van der Waals surface area contributed by atoms with Crippen molar-refractivity contribution in [3.05, 3.63) is 105 Å². The average Bonchev–Trinajstić information content (AvgIpc) is 2.71. The quantitative estimate of drug-likeness (QED) is 0.749. The second kappa shape index (κ2) is 7.28. The summed E-state index contributed by atoms with van der Waals surface area (Å²) in [6.45, 7) is 4.22. The second-order valence-corrected chi connectivity index (χ2v) is 7.15. The van der Waals surface area contributed by atoms with Crippen LogP contribution in [0.2, 0.25) is 0 Å². The summed E-state index contributed by atoms with van der Waals surface area (Å²) in [6.07, 6.45) is 3.43. The van der Waals surface area contributed by atoms with Crippen LogP contribution in [0.25, 0.3) is 0 Å². The average molecular weight is 384 g/mol. The van der Waals surface area contributed by atoms with E-state index in [4.69, 9.17) is 10.5 Å². The molecule has 1 aliphatic rings. The topological polar surface area (TPSA) is 93.9 Å². The van der Waals surface area contributed by atoms with Crippen molar-refractivity contribution in [1.29, 1.82) is 5.26 Å². The second-order valence-electron chi connectivity index (χ2n) is 7.15. The van der Waals surface area contributed by atoms with Crippen molar-refractivity contribution in [2.75, 3.05) is 0 Å². The van der Waals surface area contributed by atoms with Gasteiger partial charge in [-0.1, -0.05) is 35.9 Å². The Bertz CT molecular complexity index is 1200. The Kier molecular flexibility index (Phi) is 4.65. The monoisotopic (exact) mass is 384 g/mol. The van der Waals surface area contributed by atoms with Gasteiger partial charge in [0.2, 0.25) is 5.88 Å². The van der Waals surface area contributed by atoms with E-state index in [1.54, 1.807) is 23.0 Å². The van der Waals surface area contributed by atoms with Crippen LogP contribution in [-0.4, -0.2) is 9.55 Å². The van der Waals surface area contributed by atoms with Crippen molar-refractivity contribution >= 4 is 0 Å². The third kappa shape index (κ3) is 3.27. The molecule has 2 aromatic heterocycles. The van der Waals surface area contributed by atoms with Gasteiger partial charge >= 0.3 is 0 Å². The Morgan fingerprint density at radius 1 is 1.24 bits per heavy atom. The fraction of sp³-hybridized carbons (Fsp3) is 0.174. The summed E-state index contributed by atoms with van der Waals surface area (Å²) >= 11 is 0. The number of ether oxygens (including phenoxy) is 1. The molecule has 29 heavy (non-hydrogen) atoms. The molecular formula is C23H20N4O2. The molecule has 0 saturated carbocycles.